The van der Waals surface area contributed by atoms with E-state index in [-0.39, 0.29) is 32.2 Å². The van der Waals surface area contributed by atoms with Crippen LogP contribution in [0.5, 0.6) is 0 Å². The summed E-state index contributed by atoms with van der Waals surface area (Å²) in [6.07, 6.45) is 117. The first-order valence-corrected chi connectivity index (χ1v) is 41.6. The summed E-state index contributed by atoms with van der Waals surface area (Å²) in [6.45, 7) is 4.75. The van der Waals surface area contributed by atoms with Crippen molar-refractivity contribution < 1.29 is 42.9 Å². The van der Waals surface area contributed by atoms with Gasteiger partial charge in [-0.2, -0.15) is 0 Å². The maximum atomic E-state index is 13.0. The molecule has 0 aromatic rings. The summed E-state index contributed by atoms with van der Waals surface area (Å²) in [6, 6.07) is 0. The van der Waals surface area contributed by atoms with E-state index in [1.807, 2.05) is 21.1 Å². The minimum Gasteiger partial charge on any atom is -0.477 e. The predicted octanol–water partition coefficient (Wildman–Crippen LogP) is 27.1. The maximum absolute atomic E-state index is 13.0. The molecule has 9 heteroatoms. The number of likely N-dealkylation sites (N-methyl/N-ethyl adjacent to an activating group) is 1. The molecule has 0 spiro atoms. The monoisotopic (exact) mass is 1400 g/mol. The number of carbonyl (C=O) groups excluding carboxylic acids is 2. The van der Waals surface area contributed by atoms with E-state index in [1.165, 1.54) is 186 Å². The minimum absolute atomic E-state index is 0.177. The number of aliphatic carboxylic acids is 1. The van der Waals surface area contributed by atoms with Crippen molar-refractivity contribution in [1.29, 1.82) is 0 Å². The number of carbonyl (C=O) groups is 3. The average Bonchev–Trinajstić information content (AvgIpc) is 1.21. The summed E-state index contributed by atoms with van der Waals surface area (Å²) in [5, 5.41) is 9.78. The quantitative estimate of drug-likeness (QED) is 0.0211. The first-order valence-electron chi connectivity index (χ1n) is 41.6. The van der Waals surface area contributed by atoms with E-state index in [1.54, 1.807) is 0 Å². The van der Waals surface area contributed by atoms with Gasteiger partial charge in [0.25, 0.3) is 6.29 Å². The lowest BCUT2D eigenvalue weighted by Gasteiger charge is -2.25. The first-order chi connectivity index (χ1) is 49.6. The Balaban J connectivity index is 4.09. The fourth-order valence-electron chi connectivity index (χ4n) is 11.5. The lowest BCUT2D eigenvalue weighted by Crippen LogP contribution is -2.40. The van der Waals surface area contributed by atoms with Gasteiger partial charge in [0.2, 0.25) is 0 Å². The van der Waals surface area contributed by atoms with E-state index in [4.69, 9.17) is 18.9 Å². The molecule has 0 amide bonds. The van der Waals surface area contributed by atoms with Gasteiger partial charge in [-0.1, -0.05) is 364 Å². The number of quaternary nitrogens is 1. The van der Waals surface area contributed by atoms with Crippen molar-refractivity contribution in [3.63, 3.8) is 0 Å². The second-order valence-corrected chi connectivity index (χ2v) is 28.7. The largest absolute Gasteiger partial charge is 0.477 e. The molecule has 0 heterocycles. The van der Waals surface area contributed by atoms with Crippen LogP contribution < -0.4 is 0 Å². The van der Waals surface area contributed by atoms with Crippen LogP contribution in [0.3, 0.4) is 0 Å². The smallest absolute Gasteiger partial charge is 0.361 e. The van der Waals surface area contributed by atoms with Gasteiger partial charge in [0.15, 0.2) is 6.10 Å². The molecule has 0 aliphatic rings. The Hall–Kier alpha value is -5.09. The molecule has 0 rings (SSSR count). The van der Waals surface area contributed by atoms with Gasteiger partial charge >= 0.3 is 17.9 Å². The molecule has 0 saturated carbocycles. The summed E-state index contributed by atoms with van der Waals surface area (Å²) >= 11 is 0. The Labute approximate surface area is 623 Å². The standard InChI is InChI=1S/C92H155NO8/c1-6-8-10-12-14-16-18-20-22-24-26-28-30-32-34-36-38-40-42-44-45-47-49-51-53-55-57-59-61-63-65-67-69-71-73-75-77-79-81-83-90(95)101-88(87-100-92(91(96)97)98-85-84-93(3,4)5)86-99-89(94)82-80-78-76-74-72-70-68-66-64-62-60-58-56-54-52-50-48-46-43-41-39-37-35-33-31-29-27-25-23-21-19-17-15-13-11-9-7-2/h8,10,14,16,19-22,25-28,32,34,38,40,44-45,49,51,55,57,61,63,67,69,88,92H,6-7,9,11-13,15,17-18,23-24,29-31,33,35-37,39,41-43,46-48,50,52-54,56,58-60,62,64-66,68,70-87H2,1-5H3/p+1/b10-8-,16-14-,21-19-,22-20-,27-25-,28-26-,34-32-,40-38-,45-44-,51-49-,57-55-,63-61-,69-67-. The van der Waals surface area contributed by atoms with E-state index >= 15 is 0 Å². The van der Waals surface area contributed by atoms with E-state index in [9.17, 15) is 19.5 Å². The van der Waals surface area contributed by atoms with Gasteiger partial charge in [0, 0.05) is 12.8 Å². The highest BCUT2D eigenvalue weighted by Gasteiger charge is 2.25. The third-order valence-electron chi connectivity index (χ3n) is 17.8. The minimum atomic E-state index is -1.53. The average molecular weight is 1400 g/mol. The zero-order chi connectivity index (χ0) is 73.2. The second kappa shape index (κ2) is 80.6. The van der Waals surface area contributed by atoms with Crippen LogP contribution >= 0.6 is 0 Å². The summed E-state index contributed by atoms with van der Waals surface area (Å²) in [4.78, 5) is 37.8. The number of rotatable bonds is 76. The van der Waals surface area contributed by atoms with Crippen LogP contribution in [0.1, 0.15) is 348 Å². The van der Waals surface area contributed by atoms with Crippen LogP contribution in [0, 0.1) is 0 Å². The molecule has 0 aliphatic carbocycles. The van der Waals surface area contributed by atoms with Crippen LogP contribution in [-0.4, -0.2) is 87.4 Å². The van der Waals surface area contributed by atoms with E-state index < -0.39 is 24.3 Å². The molecular weight excluding hydrogens is 1250 g/mol. The summed E-state index contributed by atoms with van der Waals surface area (Å²) in [5.41, 5.74) is 0. The third kappa shape index (κ3) is 82.1. The van der Waals surface area contributed by atoms with Crippen LogP contribution in [0.25, 0.3) is 0 Å². The fraction of sp³-hybridized carbons (Fsp3) is 0.685. The molecule has 0 aromatic carbocycles. The number of allylic oxidation sites excluding steroid dienone is 26. The zero-order valence-electron chi connectivity index (χ0n) is 66.0. The molecular formula is C92H156NO8+. The molecule has 576 valence electrons. The molecule has 0 fully saturated rings. The molecule has 2 atom stereocenters. The van der Waals surface area contributed by atoms with E-state index in [0.29, 0.717) is 23.9 Å². The molecule has 101 heavy (non-hydrogen) atoms. The van der Waals surface area contributed by atoms with Gasteiger partial charge in [-0.05, 0) is 128 Å². The number of ether oxygens (including phenoxy) is 4. The van der Waals surface area contributed by atoms with Crippen molar-refractivity contribution in [2.45, 2.75) is 360 Å². The molecule has 2 unspecified atom stereocenters. The second-order valence-electron chi connectivity index (χ2n) is 28.7. The highest BCUT2D eigenvalue weighted by atomic mass is 16.7. The van der Waals surface area contributed by atoms with Gasteiger partial charge in [-0.3, -0.25) is 9.59 Å². The van der Waals surface area contributed by atoms with Gasteiger partial charge in [-0.25, -0.2) is 4.79 Å². The van der Waals surface area contributed by atoms with E-state index in [0.717, 1.165) is 128 Å². The van der Waals surface area contributed by atoms with Crippen molar-refractivity contribution in [1.82, 2.24) is 0 Å². The molecule has 0 aromatic heterocycles. The van der Waals surface area contributed by atoms with Gasteiger partial charge < -0.3 is 28.5 Å². The Bertz CT molecular complexity index is 2230. The molecule has 0 aliphatic heterocycles. The summed E-state index contributed by atoms with van der Waals surface area (Å²) in [5.74, 6) is -2.03. The highest BCUT2D eigenvalue weighted by molar-refractivity contribution is 5.71. The van der Waals surface area contributed by atoms with Crippen molar-refractivity contribution in [2.75, 3.05) is 47.5 Å². The van der Waals surface area contributed by atoms with E-state index in [2.05, 4.69) is 172 Å². The Morgan fingerprint density at radius 2 is 0.564 bits per heavy atom. The first kappa shape index (κ1) is 95.9. The van der Waals surface area contributed by atoms with Crippen molar-refractivity contribution in [3.8, 4) is 0 Å². The van der Waals surface area contributed by atoms with Gasteiger partial charge in [0.05, 0.1) is 34.4 Å². The van der Waals surface area contributed by atoms with Crippen molar-refractivity contribution in [2.24, 2.45) is 0 Å². The normalized spacial score (nSPS) is 13.5. The maximum Gasteiger partial charge on any atom is 0.361 e. The lowest BCUT2D eigenvalue weighted by atomic mass is 10.0. The predicted molar refractivity (Wildman–Crippen MR) is 437 cm³/mol. The molecule has 1 N–H and O–H groups in total. The Morgan fingerprint density at radius 3 is 0.842 bits per heavy atom. The SMILES string of the molecule is CC/C=C\C/C=C\C/C=C\C/C=C\C/C=C\C/C=C\C/C=C\C/C=C\C/C=C\C/C=C\C/C=C\CCCCCCCC(=O)OC(COC(=O)CCCCCCCCCCCCCCCCCCCCCCCCCCC/C=C\C/C=C\CCCCCCC)COC(OCC[N+](C)(C)C)C(=O)O. The molecule has 9 nitrogen and oxygen atoms in total. The van der Waals surface area contributed by atoms with Crippen molar-refractivity contribution in [3.05, 3.63) is 158 Å². The summed E-state index contributed by atoms with van der Waals surface area (Å²) in [7, 11) is 5.97. The van der Waals surface area contributed by atoms with Crippen molar-refractivity contribution >= 4 is 17.9 Å². The zero-order valence-corrected chi connectivity index (χ0v) is 66.0. The number of esters is 2. The number of unbranched alkanes of at least 4 members (excludes halogenated alkanes) is 35. The Morgan fingerprint density at radius 1 is 0.307 bits per heavy atom. The summed E-state index contributed by atoms with van der Waals surface area (Å²) < 4.78 is 23.0. The van der Waals surface area contributed by atoms with Crippen LogP contribution in [0.15, 0.2) is 158 Å². The molecule has 0 radical (unpaired) electrons. The number of nitrogens with zero attached hydrogens (tertiary/aromatic N) is 1. The number of hydrogen-bond acceptors (Lipinski definition) is 7. The van der Waals surface area contributed by atoms with Gasteiger partial charge in [0.1, 0.15) is 13.2 Å². The Kier molecular flexibility index (Phi) is 76.5. The van der Waals surface area contributed by atoms with Crippen LogP contribution in [0.2, 0.25) is 0 Å². The number of carboxylic acids is 1. The number of hydrogen-bond donors (Lipinski definition) is 1. The fourth-order valence-corrected chi connectivity index (χ4v) is 11.5. The van der Waals surface area contributed by atoms with Crippen LogP contribution in [0.4, 0.5) is 0 Å². The molecule has 0 bridgehead atoms. The topological polar surface area (TPSA) is 108 Å². The van der Waals surface area contributed by atoms with Crippen LogP contribution in [-0.2, 0) is 33.3 Å². The third-order valence-corrected chi connectivity index (χ3v) is 17.8. The lowest BCUT2D eigenvalue weighted by molar-refractivity contribution is -0.870. The van der Waals surface area contributed by atoms with Gasteiger partial charge in [-0.15, -0.1) is 0 Å². The highest BCUT2D eigenvalue weighted by Crippen LogP contribution is 2.18. The number of carboxylic acid groups (broad SMARTS) is 1. The molecule has 0 saturated heterocycles.